The van der Waals surface area contributed by atoms with E-state index in [1.54, 1.807) is 23.6 Å². The van der Waals surface area contributed by atoms with Gasteiger partial charge in [0.2, 0.25) is 11.8 Å². The molecule has 4 amide bonds. The molecule has 0 aliphatic carbocycles. The second-order valence-electron chi connectivity index (χ2n) is 15.8. The molecule has 0 bridgehead atoms. The van der Waals surface area contributed by atoms with Crippen molar-refractivity contribution in [2.45, 2.75) is 54.3 Å². The smallest absolute Gasteiger partial charge is 0.261 e. The van der Waals surface area contributed by atoms with Gasteiger partial charge in [-0.3, -0.25) is 19.2 Å². The Morgan fingerprint density at radius 2 is 0.871 bits per heavy atom. The summed E-state index contributed by atoms with van der Waals surface area (Å²) in [5, 5.41) is 5.73. The highest BCUT2D eigenvalue weighted by atomic mass is 35.7. The molecular formula is C55H51ClF2N4O6S2. The summed E-state index contributed by atoms with van der Waals surface area (Å²) in [6.07, 6.45) is 0.611. The van der Waals surface area contributed by atoms with Gasteiger partial charge in [0.1, 0.15) is 23.7 Å². The van der Waals surface area contributed by atoms with Gasteiger partial charge in [-0.25, -0.2) is 17.2 Å². The number of amides is 4. The number of thioether (sulfide) groups is 1. The molecule has 10 nitrogen and oxygen atoms in total. The van der Waals surface area contributed by atoms with Gasteiger partial charge in [0, 0.05) is 69.8 Å². The van der Waals surface area contributed by atoms with Crippen LogP contribution < -0.4 is 10.6 Å². The number of carbonyl (C=O) groups is 4. The summed E-state index contributed by atoms with van der Waals surface area (Å²) in [6.45, 7) is 4.17. The highest BCUT2D eigenvalue weighted by molar-refractivity contribution is 8.13. The lowest BCUT2D eigenvalue weighted by Gasteiger charge is -2.30. The highest BCUT2D eigenvalue weighted by Gasteiger charge is 2.31. The number of benzene rings is 7. The van der Waals surface area contributed by atoms with Crippen LogP contribution in [0.2, 0.25) is 0 Å². The molecule has 70 heavy (non-hydrogen) atoms. The summed E-state index contributed by atoms with van der Waals surface area (Å²) in [5.74, 6) is -1.45. The standard InChI is InChI=1S/C31H29FN2O2S.C24H22ClFN2O4S/c1-2-34(31(36)25-13-15-26(32)16-14-25)29(21-23-9-5-3-6-10-23)30(35)33-27-17-19-28(20-18-27)37-22-24-11-7-4-8-12-24;1-2-28(24(30)18-8-10-19(26)11-9-18)22(16-17-6-4-3-5-7-17)23(29)27-20-12-14-21(15-13-20)33(25,31)32/h3-20,29H,2,21-22H2,1H3,(H,33,35);3-15,22H,2,16H2,1H3,(H,27,29)/t29-;22-/m00/s1. The van der Waals surface area contributed by atoms with Crippen LogP contribution in [0.25, 0.3) is 0 Å². The van der Waals surface area contributed by atoms with E-state index in [1.807, 2.05) is 110 Å². The number of anilines is 2. The quantitative estimate of drug-likeness (QED) is 0.0646. The molecule has 7 aromatic carbocycles. The van der Waals surface area contributed by atoms with Gasteiger partial charge >= 0.3 is 0 Å². The van der Waals surface area contributed by atoms with Crippen LogP contribution in [-0.4, -0.2) is 67.0 Å². The number of nitrogens with zero attached hydrogens (tertiary/aromatic N) is 2. The third-order valence-electron chi connectivity index (χ3n) is 11.1. The molecule has 0 fully saturated rings. The van der Waals surface area contributed by atoms with Gasteiger partial charge in [-0.15, -0.1) is 11.8 Å². The highest BCUT2D eigenvalue weighted by Crippen LogP contribution is 2.25. The van der Waals surface area contributed by atoms with Gasteiger partial charge in [-0.05, 0) is 128 Å². The van der Waals surface area contributed by atoms with Gasteiger partial charge in [-0.2, -0.15) is 0 Å². The molecule has 0 spiro atoms. The number of nitrogens with one attached hydrogen (secondary N) is 2. The first kappa shape index (κ1) is 52.2. The molecule has 2 atom stereocenters. The van der Waals surface area contributed by atoms with Crippen LogP contribution in [0, 0.1) is 11.6 Å². The maximum atomic E-state index is 13.5. The molecule has 0 unspecified atom stereocenters. The number of carbonyl (C=O) groups excluding carboxylic acids is 4. The van der Waals surface area contributed by atoms with Crippen molar-refractivity contribution in [3.05, 3.63) is 228 Å². The Kier molecular flexibility index (Phi) is 19.0. The van der Waals surface area contributed by atoms with E-state index < -0.39 is 44.6 Å². The zero-order valence-corrected chi connectivity index (χ0v) is 40.8. The van der Waals surface area contributed by atoms with Crippen molar-refractivity contribution >= 4 is 66.5 Å². The fraction of sp³-hybridized carbons (Fsp3) is 0.164. The Balaban J connectivity index is 0.000000231. The number of rotatable bonds is 18. The van der Waals surface area contributed by atoms with Crippen molar-refractivity contribution in [3.8, 4) is 0 Å². The molecular weight excluding hydrogens is 950 g/mol. The van der Waals surface area contributed by atoms with Crippen molar-refractivity contribution in [1.82, 2.24) is 9.80 Å². The van der Waals surface area contributed by atoms with Gasteiger partial charge in [0.25, 0.3) is 20.9 Å². The van der Waals surface area contributed by atoms with E-state index in [2.05, 4.69) is 22.8 Å². The molecule has 0 saturated heterocycles. The first-order valence-electron chi connectivity index (χ1n) is 22.4. The van der Waals surface area contributed by atoms with Crippen LogP contribution in [-0.2, 0) is 37.2 Å². The molecule has 360 valence electrons. The van der Waals surface area contributed by atoms with Crippen LogP contribution in [0.5, 0.6) is 0 Å². The number of likely N-dealkylation sites (N-methyl/N-ethyl adjacent to an activating group) is 2. The van der Waals surface area contributed by atoms with Crippen LogP contribution in [0.1, 0.15) is 51.3 Å². The summed E-state index contributed by atoms with van der Waals surface area (Å²) in [7, 11) is 1.45. The molecule has 0 saturated carbocycles. The van der Waals surface area contributed by atoms with E-state index in [0.717, 1.165) is 21.8 Å². The Hall–Kier alpha value is -7.13. The Bertz CT molecular complexity index is 2920. The second-order valence-corrected chi connectivity index (χ2v) is 19.5. The maximum Gasteiger partial charge on any atom is 0.261 e. The molecule has 0 aromatic heterocycles. The Morgan fingerprint density at radius 1 is 0.514 bits per heavy atom. The summed E-state index contributed by atoms with van der Waals surface area (Å²) in [4.78, 5) is 57.3. The third kappa shape index (κ3) is 15.2. The van der Waals surface area contributed by atoms with Crippen molar-refractivity contribution in [2.24, 2.45) is 0 Å². The summed E-state index contributed by atoms with van der Waals surface area (Å²) >= 11 is 1.73. The SMILES string of the molecule is CCN(C(=O)c1ccc(F)cc1)[C@@H](Cc1ccccc1)C(=O)Nc1ccc(S(=O)(=O)Cl)cc1.CCN(C(=O)c1ccc(F)cc1)[C@@H](Cc1ccccc1)C(=O)Nc1ccc(SCc2ccccc2)cc1. The number of halogens is 3. The molecule has 0 radical (unpaired) electrons. The second kappa shape index (κ2) is 25.5. The van der Waals surface area contributed by atoms with Gasteiger partial charge in [-0.1, -0.05) is 91.0 Å². The fourth-order valence-corrected chi connectivity index (χ4v) is 9.04. The monoisotopic (exact) mass is 1000 g/mol. The molecule has 0 aliphatic rings. The normalized spacial score (nSPS) is 11.8. The zero-order chi connectivity index (χ0) is 50.0. The topological polar surface area (TPSA) is 133 Å². The van der Waals surface area contributed by atoms with E-state index in [1.165, 1.54) is 83.3 Å². The molecule has 0 aliphatic heterocycles. The summed E-state index contributed by atoms with van der Waals surface area (Å²) < 4.78 is 49.6. The van der Waals surface area contributed by atoms with Crippen LogP contribution in [0.3, 0.4) is 0 Å². The Labute approximate surface area is 416 Å². The largest absolute Gasteiger partial charge is 0.327 e. The van der Waals surface area contributed by atoms with E-state index >= 15 is 0 Å². The fourth-order valence-electron chi connectivity index (χ4n) is 7.42. The lowest BCUT2D eigenvalue weighted by Crippen LogP contribution is -2.48. The van der Waals surface area contributed by atoms with Crippen molar-refractivity contribution < 1.29 is 36.4 Å². The van der Waals surface area contributed by atoms with Crippen LogP contribution in [0.15, 0.2) is 198 Å². The molecule has 15 heteroatoms. The molecule has 0 heterocycles. The average Bonchev–Trinajstić information content (AvgIpc) is 3.37. The molecule has 2 N–H and O–H groups in total. The van der Waals surface area contributed by atoms with Gasteiger partial charge in [0.15, 0.2) is 0 Å². The first-order chi connectivity index (χ1) is 33.7. The lowest BCUT2D eigenvalue weighted by atomic mass is 10.0. The van der Waals surface area contributed by atoms with Crippen LogP contribution in [0.4, 0.5) is 20.2 Å². The summed E-state index contributed by atoms with van der Waals surface area (Å²) in [6, 6.07) is 51.2. The first-order valence-corrected chi connectivity index (χ1v) is 25.7. The van der Waals surface area contributed by atoms with Crippen molar-refractivity contribution in [2.75, 3.05) is 23.7 Å². The molecule has 7 rings (SSSR count). The molecule has 7 aromatic rings. The number of hydrogen-bond donors (Lipinski definition) is 2. The zero-order valence-electron chi connectivity index (χ0n) is 38.4. The van der Waals surface area contributed by atoms with E-state index in [0.29, 0.717) is 29.9 Å². The van der Waals surface area contributed by atoms with Crippen molar-refractivity contribution in [3.63, 3.8) is 0 Å². The predicted molar refractivity (Wildman–Crippen MR) is 273 cm³/mol. The van der Waals surface area contributed by atoms with E-state index in [4.69, 9.17) is 10.7 Å². The Morgan fingerprint density at radius 3 is 1.23 bits per heavy atom. The van der Waals surface area contributed by atoms with E-state index in [9.17, 15) is 36.4 Å². The minimum Gasteiger partial charge on any atom is -0.327 e. The minimum atomic E-state index is -3.89. The number of hydrogen-bond acceptors (Lipinski definition) is 7. The van der Waals surface area contributed by atoms with Crippen LogP contribution >= 0.6 is 22.4 Å². The lowest BCUT2D eigenvalue weighted by molar-refractivity contribution is -0.121. The average molecular weight is 1000 g/mol. The predicted octanol–water partition coefficient (Wildman–Crippen LogP) is 11.3. The minimum absolute atomic E-state index is 0.0929. The third-order valence-corrected chi connectivity index (χ3v) is 13.5. The van der Waals surface area contributed by atoms with Gasteiger partial charge in [0.05, 0.1) is 4.90 Å². The summed E-state index contributed by atoms with van der Waals surface area (Å²) in [5.41, 5.74) is 4.67. The van der Waals surface area contributed by atoms with E-state index in [-0.39, 0.29) is 35.2 Å². The van der Waals surface area contributed by atoms with Crippen molar-refractivity contribution in [1.29, 1.82) is 0 Å². The van der Waals surface area contributed by atoms with Gasteiger partial charge < -0.3 is 20.4 Å². The maximum absolute atomic E-state index is 13.5.